The van der Waals surface area contributed by atoms with E-state index in [1.807, 2.05) is 55.4 Å². The zero-order valence-electron chi connectivity index (χ0n) is 18.0. The molecule has 0 saturated carbocycles. The molecule has 32 heavy (non-hydrogen) atoms. The third kappa shape index (κ3) is 5.82. The summed E-state index contributed by atoms with van der Waals surface area (Å²) in [5.74, 6) is -1.22. The van der Waals surface area contributed by atoms with Gasteiger partial charge in [-0.2, -0.15) is 5.10 Å². The van der Waals surface area contributed by atoms with Crippen LogP contribution in [0, 0.1) is 5.82 Å². The Labute approximate surface area is 190 Å². The van der Waals surface area contributed by atoms with Crippen molar-refractivity contribution in [2.24, 2.45) is 15.9 Å². The first-order valence-corrected chi connectivity index (χ1v) is 10.7. The van der Waals surface area contributed by atoms with Gasteiger partial charge in [0.05, 0.1) is 11.4 Å². The number of halogens is 1. The highest BCUT2D eigenvalue weighted by atomic mass is 32.2. The zero-order valence-corrected chi connectivity index (χ0v) is 18.8. The second kappa shape index (κ2) is 10.2. The number of carbonyl (C=O) groups is 2. The lowest BCUT2D eigenvalue weighted by atomic mass is 10.2. The number of nitrogens with zero attached hydrogens (tertiary/aromatic N) is 4. The number of hydrogen-bond donors (Lipinski definition) is 1. The second-order valence-corrected chi connectivity index (χ2v) is 8.58. The molecule has 1 fully saturated rings. The fourth-order valence-corrected chi connectivity index (χ4v) is 3.80. The van der Waals surface area contributed by atoms with Crippen LogP contribution in [0.25, 0.3) is 6.08 Å². The molecule has 7 nitrogen and oxygen atoms in total. The summed E-state index contributed by atoms with van der Waals surface area (Å²) < 4.78 is 13.1. The Morgan fingerprint density at radius 1 is 1.12 bits per heavy atom. The molecule has 1 atom stereocenters. The standard InChI is InChI=1S/C23H24FN5O2S/c1-15(4-5-16-6-10-18(11-7-16)28(2)3)26-27-23(25)32-20-14-21(30)29(22(20)31)19-12-8-17(24)9-13-19/h4-13,20H,14H2,1-3H3,(H2,25,27)/b5-4+,26-15+. The summed E-state index contributed by atoms with van der Waals surface area (Å²) in [4.78, 5) is 28.0. The summed E-state index contributed by atoms with van der Waals surface area (Å²) in [6, 6.07) is 13.2. The maximum atomic E-state index is 13.1. The Morgan fingerprint density at radius 2 is 1.78 bits per heavy atom. The van der Waals surface area contributed by atoms with Gasteiger partial charge in [0, 0.05) is 26.2 Å². The third-order valence-electron chi connectivity index (χ3n) is 4.69. The summed E-state index contributed by atoms with van der Waals surface area (Å²) in [5, 5.41) is 7.42. The molecular weight excluding hydrogens is 429 g/mol. The molecule has 1 aliphatic heterocycles. The largest absolute Gasteiger partial charge is 0.378 e. The van der Waals surface area contributed by atoms with E-state index in [4.69, 9.17) is 5.73 Å². The van der Waals surface area contributed by atoms with Crippen LogP contribution in [0.2, 0.25) is 0 Å². The molecule has 1 saturated heterocycles. The molecule has 2 N–H and O–H groups in total. The number of amides is 2. The van der Waals surface area contributed by atoms with Gasteiger partial charge in [-0.1, -0.05) is 30.0 Å². The number of nitrogens with two attached hydrogens (primary N) is 1. The molecule has 166 valence electrons. The minimum Gasteiger partial charge on any atom is -0.378 e. The van der Waals surface area contributed by atoms with Gasteiger partial charge in [0.1, 0.15) is 11.1 Å². The van der Waals surface area contributed by atoms with Crippen molar-refractivity contribution < 1.29 is 14.0 Å². The topological polar surface area (TPSA) is 91.4 Å². The van der Waals surface area contributed by atoms with Gasteiger partial charge in [0.15, 0.2) is 5.17 Å². The van der Waals surface area contributed by atoms with Crippen LogP contribution in [0.5, 0.6) is 0 Å². The maximum absolute atomic E-state index is 13.1. The zero-order chi connectivity index (χ0) is 23.3. The molecule has 0 spiro atoms. The van der Waals surface area contributed by atoms with Gasteiger partial charge in [0.2, 0.25) is 11.8 Å². The van der Waals surface area contributed by atoms with Crippen LogP contribution >= 0.6 is 11.8 Å². The van der Waals surface area contributed by atoms with Crippen molar-refractivity contribution in [2.75, 3.05) is 23.9 Å². The number of hydrogen-bond acceptors (Lipinski definition) is 6. The lowest BCUT2D eigenvalue weighted by molar-refractivity contribution is -0.121. The highest BCUT2D eigenvalue weighted by Gasteiger charge is 2.40. The van der Waals surface area contributed by atoms with E-state index in [9.17, 15) is 14.0 Å². The van der Waals surface area contributed by atoms with E-state index in [0.717, 1.165) is 27.9 Å². The summed E-state index contributed by atoms with van der Waals surface area (Å²) in [7, 11) is 3.97. The average molecular weight is 454 g/mol. The molecule has 1 heterocycles. The molecule has 3 rings (SSSR count). The molecular formula is C23H24FN5O2S. The highest BCUT2D eigenvalue weighted by Crippen LogP contribution is 2.29. The first-order chi connectivity index (χ1) is 15.2. The van der Waals surface area contributed by atoms with Gasteiger partial charge >= 0.3 is 0 Å². The van der Waals surface area contributed by atoms with Gasteiger partial charge < -0.3 is 10.6 Å². The highest BCUT2D eigenvalue weighted by molar-refractivity contribution is 8.14. The van der Waals surface area contributed by atoms with E-state index in [1.165, 1.54) is 24.3 Å². The molecule has 0 aliphatic carbocycles. The van der Waals surface area contributed by atoms with Crippen LogP contribution in [0.4, 0.5) is 15.8 Å². The third-order valence-corrected chi connectivity index (χ3v) is 5.66. The minimum absolute atomic E-state index is 0.0113. The number of amidine groups is 1. The van der Waals surface area contributed by atoms with Crippen LogP contribution in [0.3, 0.4) is 0 Å². The summed E-state index contributed by atoms with van der Waals surface area (Å²) in [6.45, 7) is 1.78. The normalized spacial score (nSPS) is 17.5. The lowest BCUT2D eigenvalue weighted by Gasteiger charge is -2.14. The quantitative estimate of drug-likeness (QED) is 0.312. The van der Waals surface area contributed by atoms with E-state index in [0.29, 0.717) is 11.4 Å². The molecule has 2 amide bonds. The number of thioether (sulfide) groups is 1. The molecule has 2 aromatic rings. The Hall–Kier alpha value is -3.46. The first-order valence-electron chi connectivity index (χ1n) is 9.87. The van der Waals surface area contributed by atoms with Gasteiger partial charge in [-0.15, -0.1) is 5.10 Å². The second-order valence-electron chi connectivity index (χ2n) is 7.35. The molecule has 2 aromatic carbocycles. The van der Waals surface area contributed by atoms with E-state index in [1.54, 1.807) is 6.92 Å². The number of carbonyl (C=O) groups excluding carboxylic acids is 2. The van der Waals surface area contributed by atoms with E-state index < -0.39 is 17.0 Å². The predicted molar refractivity (Wildman–Crippen MR) is 129 cm³/mol. The van der Waals surface area contributed by atoms with E-state index >= 15 is 0 Å². The summed E-state index contributed by atoms with van der Waals surface area (Å²) >= 11 is 0.987. The Morgan fingerprint density at radius 3 is 2.41 bits per heavy atom. The van der Waals surface area contributed by atoms with Crippen LogP contribution < -0.4 is 15.5 Å². The van der Waals surface area contributed by atoms with Gasteiger partial charge in [-0.05, 0) is 55.0 Å². The van der Waals surface area contributed by atoms with Gasteiger partial charge in [0.25, 0.3) is 0 Å². The number of rotatable bonds is 6. The van der Waals surface area contributed by atoms with Crippen molar-refractivity contribution in [3.05, 3.63) is 66.0 Å². The first kappa shape index (κ1) is 23.2. The monoisotopic (exact) mass is 453 g/mol. The van der Waals surface area contributed by atoms with Crippen LogP contribution in [-0.4, -0.2) is 42.0 Å². The number of imide groups is 1. The average Bonchev–Trinajstić information content (AvgIpc) is 3.04. The molecule has 0 bridgehead atoms. The number of allylic oxidation sites excluding steroid dienone is 1. The van der Waals surface area contributed by atoms with Crippen LogP contribution in [-0.2, 0) is 9.59 Å². The van der Waals surface area contributed by atoms with Crippen LogP contribution in [0.15, 0.2) is 64.8 Å². The molecule has 1 aliphatic rings. The Bertz CT molecular complexity index is 1080. The van der Waals surface area contributed by atoms with Crippen molar-refractivity contribution in [3.63, 3.8) is 0 Å². The van der Waals surface area contributed by atoms with Crippen molar-refractivity contribution in [2.45, 2.75) is 18.6 Å². The van der Waals surface area contributed by atoms with Crippen molar-refractivity contribution in [1.29, 1.82) is 0 Å². The van der Waals surface area contributed by atoms with Crippen molar-refractivity contribution in [3.8, 4) is 0 Å². The fourth-order valence-electron chi connectivity index (χ4n) is 2.99. The van der Waals surface area contributed by atoms with Crippen molar-refractivity contribution >= 4 is 51.9 Å². The van der Waals surface area contributed by atoms with E-state index in [2.05, 4.69) is 10.2 Å². The minimum atomic E-state index is -0.697. The molecule has 1 unspecified atom stereocenters. The van der Waals surface area contributed by atoms with E-state index in [-0.39, 0.29) is 17.5 Å². The van der Waals surface area contributed by atoms with Gasteiger partial charge in [-0.3, -0.25) is 9.59 Å². The fraction of sp³-hybridized carbons (Fsp3) is 0.217. The predicted octanol–water partition coefficient (Wildman–Crippen LogP) is 3.66. The maximum Gasteiger partial charge on any atom is 0.247 e. The smallest absolute Gasteiger partial charge is 0.247 e. The molecule has 9 heteroatoms. The Kier molecular flexibility index (Phi) is 7.42. The lowest BCUT2D eigenvalue weighted by Crippen LogP contribution is -2.31. The molecule has 0 radical (unpaired) electrons. The molecule has 0 aromatic heterocycles. The van der Waals surface area contributed by atoms with Crippen molar-refractivity contribution in [1.82, 2.24) is 0 Å². The number of anilines is 2. The van der Waals surface area contributed by atoms with Gasteiger partial charge in [-0.25, -0.2) is 9.29 Å². The SMILES string of the molecule is CC(/C=C/c1ccc(N(C)C)cc1)=N\N=C(/N)SC1CC(=O)N(c2ccc(F)cc2)C1=O. The summed E-state index contributed by atoms with van der Waals surface area (Å²) in [6.07, 6.45) is 3.71. The summed E-state index contributed by atoms with van der Waals surface area (Å²) in [5.41, 5.74) is 9.01. The Balaban J connectivity index is 1.61. The van der Waals surface area contributed by atoms with Crippen LogP contribution in [0.1, 0.15) is 18.9 Å². The number of benzene rings is 2.